The smallest absolute Gasteiger partial charge is 0.327 e. The van der Waals surface area contributed by atoms with Gasteiger partial charge in [-0.25, -0.2) is 9.78 Å². The fourth-order valence-corrected chi connectivity index (χ4v) is 2.94. The van der Waals surface area contributed by atoms with E-state index in [0.717, 1.165) is 12.8 Å². The van der Waals surface area contributed by atoms with Crippen LogP contribution in [0.1, 0.15) is 18.9 Å². The molecule has 1 aliphatic rings. The first-order chi connectivity index (χ1) is 12.3. The van der Waals surface area contributed by atoms with E-state index in [9.17, 15) is 4.79 Å². The van der Waals surface area contributed by atoms with Crippen molar-refractivity contribution in [1.82, 2.24) is 29.7 Å². The molecule has 10 nitrogen and oxygen atoms in total. The zero-order valence-electron chi connectivity index (χ0n) is 13.6. The second-order valence-electron chi connectivity index (χ2n) is 5.65. The third-order valence-electron chi connectivity index (χ3n) is 4.14. The van der Waals surface area contributed by atoms with Crippen LogP contribution >= 0.6 is 0 Å². The number of methoxy groups -OCH3 is 1. The fourth-order valence-electron chi connectivity index (χ4n) is 2.94. The number of rotatable bonds is 4. The number of ether oxygens (including phenoxy) is 2. The van der Waals surface area contributed by atoms with E-state index in [-0.39, 0.29) is 11.7 Å². The van der Waals surface area contributed by atoms with Crippen LogP contribution in [0.3, 0.4) is 0 Å². The third kappa shape index (κ3) is 2.91. The Balaban J connectivity index is 1.73. The summed E-state index contributed by atoms with van der Waals surface area (Å²) in [5, 5.41) is 10.7. The van der Waals surface area contributed by atoms with Crippen molar-refractivity contribution in [1.29, 1.82) is 0 Å². The van der Waals surface area contributed by atoms with Crippen molar-refractivity contribution in [2.75, 3.05) is 25.6 Å². The van der Waals surface area contributed by atoms with E-state index in [1.54, 1.807) is 16.8 Å². The summed E-state index contributed by atoms with van der Waals surface area (Å²) >= 11 is 0. The van der Waals surface area contributed by atoms with Crippen molar-refractivity contribution in [3.8, 4) is 5.88 Å². The molecule has 4 heterocycles. The molecule has 0 aromatic carbocycles. The summed E-state index contributed by atoms with van der Waals surface area (Å²) in [5.41, 5.74) is 1.57. The number of H-pyrrole nitrogens is 1. The van der Waals surface area contributed by atoms with Crippen molar-refractivity contribution in [3.05, 3.63) is 28.9 Å². The number of aromatic nitrogens is 6. The molecule has 0 atom stereocenters. The number of hydrogen-bond donors (Lipinski definition) is 2. The zero-order chi connectivity index (χ0) is 17.2. The number of fused-ring (bicyclic) bond motifs is 1. The first-order valence-corrected chi connectivity index (χ1v) is 7.94. The van der Waals surface area contributed by atoms with Gasteiger partial charge in [-0.15, -0.1) is 5.10 Å². The van der Waals surface area contributed by atoms with Crippen molar-refractivity contribution in [2.45, 2.75) is 18.9 Å². The van der Waals surface area contributed by atoms with E-state index in [2.05, 4.69) is 30.5 Å². The minimum atomic E-state index is -0.184. The molecule has 2 N–H and O–H groups in total. The SMILES string of the molecule is COc1nnccc1Nc1ncc2[nH]c(=O)n(C3CCOCC3)c2n1. The van der Waals surface area contributed by atoms with Crippen LogP contribution in [0.15, 0.2) is 23.3 Å². The summed E-state index contributed by atoms with van der Waals surface area (Å²) in [6.07, 6.45) is 4.68. The molecule has 3 aromatic rings. The lowest BCUT2D eigenvalue weighted by Gasteiger charge is -2.22. The van der Waals surface area contributed by atoms with E-state index in [1.165, 1.54) is 13.3 Å². The molecule has 0 aliphatic carbocycles. The molecular weight excluding hydrogens is 326 g/mol. The van der Waals surface area contributed by atoms with Gasteiger partial charge in [0.25, 0.3) is 5.88 Å². The van der Waals surface area contributed by atoms with Crippen molar-refractivity contribution < 1.29 is 9.47 Å². The summed E-state index contributed by atoms with van der Waals surface area (Å²) in [6, 6.07) is 1.78. The number of nitrogens with one attached hydrogen (secondary N) is 2. The van der Waals surface area contributed by atoms with Crippen molar-refractivity contribution in [2.24, 2.45) is 0 Å². The van der Waals surface area contributed by atoms with E-state index in [4.69, 9.17) is 9.47 Å². The molecule has 0 spiro atoms. The Kier molecular flexibility index (Phi) is 4.02. The lowest BCUT2D eigenvalue weighted by atomic mass is 10.1. The monoisotopic (exact) mass is 343 g/mol. The Morgan fingerprint density at radius 2 is 2.24 bits per heavy atom. The topological polar surface area (TPSA) is 120 Å². The van der Waals surface area contributed by atoms with Gasteiger partial charge >= 0.3 is 5.69 Å². The molecule has 10 heteroatoms. The van der Waals surface area contributed by atoms with E-state index < -0.39 is 0 Å². The lowest BCUT2D eigenvalue weighted by molar-refractivity contribution is 0.0697. The van der Waals surface area contributed by atoms with E-state index >= 15 is 0 Å². The van der Waals surface area contributed by atoms with Crippen molar-refractivity contribution in [3.63, 3.8) is 0 Å². The van der Waals surface area contributed by atoms with E-state index in [0.29, 0.717) is 41.9 Å². The van der Waals surface area contributed by atoms with Crippen LogP contribution < -0.4 is 15.7 Å². The van der Waals surface area contributed by atoms with Crippen LogP contribution in [0.2, 0.25) is 0 Å². The van der Waals surface area contributed by atoms with Gasteiger partial charge in [0.1, 0.15) is 11.2 Å². The molecule has 0 unspecified atom stereocenters. The normalized spacial score (nSPS) is 15.4. The number of nitrogens with zero attached hydrogens (tertiary/aromatic N) is 5. The Morgan fingerprint density at radius 1 is 1.40 bits per heavy atom. The highest BCUT2D eigenvalue weighted by Crippen LogP contribution is 2.25. The van der Waals surface area contributed by atoms with E-state index in [1.807, 2.05) is 0 Å². The molecule has 3 aromatic heterocycles. The fraction of sp³-hybridized carbons (Fsp3) is 0.400. The third-order valence-corrected chi connectivity index (χ3v) is 4.14. The van der Waals surface area contributed by atoms with Crippen LogP contribution in [-0.4, -0.2) is 50.0 Å². The van der Waals surface area contributed by atoms with Gasteiger partial charge in [0, 0.05) is 19.3 Å². The average molecular weight is 343 g/mol. The van der Waals surface area contributed by atoms with Gasteiger partial charge in [0.15, 0.2) is 5.65 Å². The van der Waals surface area contributed by atoms with Crippen LogP contribution in [0, 0.1) is 0 Å². The van der Waals surface area contributed by atoms with Gasteiger partial charge in [-0.05, 0) is 18.9 Å². The van der Waals surface area contributed by atoms with Gasteiger partial charge in [0.2, 0.25) is 5.95 Å². The first kappa shape index (κ1) is 15.5. The predicted octanol–water partition coefficient (Wildman–Crippen LogP) is 1.01. The molecule has 1 aliphatic heterocycles. The van der Waals surface area contributed by atoms with Crippen LogP contribution in [0.5, 0.6) is 5.88 Å². The maximum atomic E-state index is 12.3. The molecule has 130 valence electrons. The summed E-state index contributed by atoms with van der Waals surface area (Å²) in [6.45, 7) is 1.28. The van der Waals surface area contributed by atoms with Gasteiger partial charge < -0.3 is 19.8 Å². The van der Waals surface area contributed by atoms with Crippen molar-refractivity contribution >= 4 is 22.8 Å². The second-order valence-corrected chi connectivity index (χ2v) is 5.65. The van der Waals surface area contributed by atoms with Gasteiger partial charge in [-0.2, -0.15) is 10.1 Å². The number of imidazole rings is 1. The molecule has 1 fully saturated rings. The zero-order valence-corrected chi connectivity index (χ0v) is 13.6. The molecule has 1 saturated heterocycles. The Morgan fingerprint density at radius 3 is 3.04 bits per heavy atom. The average Bonchev–Trinajstić information content (AvgIpc) is 2.98. The standard InChI is InChI=1S/C15H17N7O3/c1-24-13-10(2-5-17-21-13)18-14-16-8-11-12(20-14)22(15(23)19-11)9-3-6-25-7-4-9/h2,5,8-9H,3-4,6-7H2,1H3,(H,19,23)(H,16,17,18,20). The second kappa shape index (κ2) is 6.48. The molecule has 0 bridgehead atoms. The first-order valence-electron chi connectivity index (χ1n) is 7.94. The maximum absolute atomic E-state index is 12.3. The van der Waals surface area contributed by atoms with Crippen LogP contribution in [0.4, 0.5) is 11.6 Å². The summed E-state index contributed by atoms with van der Waals surface area (Å²) < 4.78 is 12.2. The molecule has 0 radical (unpaired) electrons. The highest BCUT2D eigenvalue weighted by molar-refractivity contribution is 5.72. The van der Waals surface area contributed by atoms with Crippen LogP contribution in [-0.2, 0) is 4.74 Å². The highest BCUT2D eigenvalue weighted by Gasteiger charge is 2.21. The molecule has 25 heavy (non-hydrogen) atoms. The summed E-state index contributed by atoms with van der Waals surface area (Å²) in [7, 11) is 1.51. The Labute approximate surface area is 142 Å². The summed E-state index contributed by atoms with van der Waals surface area (Å²) in [4.78, 5) is 23.9. The number of anilines is 2. The van der Waals surface area contributed by atoms with Gasteiger partial charge in [-0.1, -0.05) is 0 Å². The summed E-state index contributed by atoms with van der Waals surface area (Å²) in [5.74, 6) is 0.681. The maximum Gasteiger partial charge on any atom is 0.327 e. The molecule has 0 amide bonds. The number of hydrogen-bond acceptors (Lipinski definition) is 8. The number of aromatic amines is 1. The Bertz CT molecular complexity index is 946. The molecule has 0 saturated carbocycles. The Hall–Kier alpha value is -3.01. The molecule has 4 rings (SSSR count). The van der Waals surface area contributed by atoms with Crippen LogP contribution in [0.25, 0.3) is 11.2 Å². The predicted molar refractivity (Wildman–Crippen MR) is 89.1 cm³/mol. The minimum absolute atomic E-state index is 0.0647. The highest BCUT2D eigenvalue weighted by atomic mass is 16.5. The lowest BCUT2D eigenvalue weighted by Crippen LogP contribution is -2.27. The quantitative estimate of drug-likeness (QED) is 0.720. The molecular formula is C15H17N7O3. The van der Waals surface area contributed by atoms with Gasteiger partial charge in [-0.3, -0.25) is 4.57 Å². The largest absolute Gasteiger partial charge is 0.478 e. The minimum Gasteiger partial charge on any atom is -0.478 e. The van der Waals surface area contributed by atoms with Gasteiger partial charge in [0.05, 0.1) is 19.5 Å².